The molecule has 9 nitrogen and oxygen atoms in total. The van der Waals surface area contributed by atoms with Gasteiger partial charge in [-0.1, -0.05) is 17.8 Å². The molecule has 172 valence electrons. The monoisotopic (exact) mass is 474 g/mol. The molecule has 0 spiro atoms. The Bertz CT molecular complexity index is 1280. The van der Waals surface area contributed by atoms with E-state index in [1.165, 1.54) is 18.9 Å². The number of hydrogen-bond donors (Lipinski definition) is 1. The first kappa shape index (κ1) is 23.3. The highest BCUT2D eigenvalue weighted by Crippen LogP contribution is 2.41. The van der Waals surface area contributed by atoms with Crippen molar-refractivity contribution in [2.75, 3.05) is 26.5 Å². The van der Waals surface area contributed by atoms with Crippen LogP contribution in [0.1, 0.15) is 28.3 Å². The minimum absolute atomic E-state index is 0.0819. The number of nitrogens with zero attached hydrogens (tertiary/aromatic N) is 5. The lowest BCUT2D eigenvalue weighted by Gasteiger charge is -2.28. The third-order valence-corrected chi connectivity index (χ3v) is 6.70. The van der Waals surface area contributed by atoms with Gasteiger partial charge in [0.05, 0.1) is 29.9 Å². The largest absolute Gasteiger partial charge is 0.466 e. The molecule has 34 heavy (non-hydrogen) atoms. The summed E-state index contributed by atoms with van der Waals surface area (Å²) in [5.74, 6) is -1.07. The zero-order valence-electron chi connectivity index (χ0n) is 18.7. The standard InChI is InChI=1S/C24H22N6O3S/c1-30-7-5-18-16(12-30)8-15(9-25)23(29-18)34-13-19-21(24(31)32-2)20(14-4-3-6-28-11-14)17(10-26)22(27)33-19/h3-4,6,8,11,20H,5,7,12-13,27H2,1-2H3. The van der Waals surface area contributed by atoms with Crippen LogP contribution >= 0.6 is 11.8 Å². The van der Waals surface area contributed by atoms with Gasteiger partial charge in [0.1, 0.15) is 28.5 Å². The molecule has 2 aromatic rings. The Morgan fingerprint density at radius 3 is 2.91 bits per heavy atom. The van der Waals surface area contributed by atoms with Gasteiger partial charge in [-0.15, -0.1) is 0 Å². The van der Waals surface area contributed by atoms with Gasteiger partial charge in [0, 0.05) is 37.6 Å². The molecule has 0 aromatic carbocycles. The van der Waals surface area contributed by atoms with Crippen molar-refractivity contribution in [1.82, 2.24) is 14.9 Å². The van der Waals surface area contributed by atoms with Gasteiger partial charge in [-0.05, 0) is 30.3 Å². The van der Waals surface area contributed by atoms with Gasteiger partial charge < -0.3 is 20.1 Å². The number of methoxy groups -OCH3 is 1. The SMILES string of the molecule is COC(=O)C1=C(CSc2nc3c(cc2C#N)CN(C)CC3)OC(N)=C(C#N)C1c1cccnc1. The molecule has 2 aliphatic rings. The summed E-state index contributed by atoms with van der Waals surface area (Å²) in [6, 6.07) is 9.62. The number of aromatic nitrogens is 2. The van der Waals surface area contributed by atoms with E-state index in [0.29, 0.717) is 16.2 Å². The number of fused-ring (bicyclic) bond motifs is 1. The summed E-state index contributed by atoms with van der Waals surface area (Å²) in [6.45, 7) is 1.63. The molecule has 2 aliphatic heterocycles. The number of thioether (sulfide) groups is 1. The number of nitrogens with two attached hydrogens (primary N) is 1. The van der Waals surface area contributed by atoms with Crippen molar-refractivity contribution in [3.63, 3.8) is 0 Å². The Morgan fingerprint density at radius 2 is 2.24 bits per heavy atom. The fraction of sp³-hybridized carbons (Fsp3) is 0.292. The second-order valence-corrected chi connectivity index (χ2v) is 8.84. The summed E-state index contributed by atoms with van der Waals surface area (Å²) < 4.78 is 10.8. The normalized spacial score (nSPS) is 17.9. The number of hydrogen-bond acceptors (Lipinski definition) is 10. The van der Waals surface area contributed by atoms with Crippen molar-refractivity contribution in [2.24, 2.45) is 5.73 Å². The van der Waals surface area contributed by atoms with Crippen LogP contribution in [0.4, 0.5) is 0 Å². The molecule has 0 amide bonds. The van der Waals surface area contributed by atoms with E-state index >= 15 is 0 Å². The van der Waals surface area contributed by atoms with Crippen LogP contribution in [0.25, 0.3) is 0 Å². The molecule has 1 unspecified atom stereocenters. The lowest BCUT2D eigenvalue weighted by Crippen LogP contribution is -2.27. The molecular weight excluding hydrogens is 452 g/mol. The first-order valence-corrected chi connectivity index (χ1v) is 11.5. The van der Waals surface area contributed by atoms with Crippen LogP contribution in [0.2, 0.25) is 0 Å². The molecule has 10 heteroatoms. The maximum Gasteiger partial charge on any atom is 0.338 e. The van der Waals surface area contributed by atoms with Gasteiger partial charge in [0.25, 0.3) is 0 Å². The Balaban J connectivity index is 1.73. The van der Waals surface area contributed by atoms with Gasteiger partial charge in [-0.2, -0.15) is 10.5 Å². The van der Waals surface area contributed by atoms with Crippen LogP contribution in [-0.2, 0) is 27.2 Å². The molecule has 0 saturated heterocycles. The zero-order chi connectivity index (χ0) is 24.2. The third kappa shape index (κ3) is 4.46. The van der Waals surface area contributed by atoms with Gasteiger partial charge in [-0.25, -0.2) is 9.78 Å². The Morgan fingerprint density at radius 1 is 1.41 bits per heavy atom. The molecular formula is C24H22N6O3S. The highest BCUT2D eigenvalue weighted by atomic mass is 32.2. The summed E-state index contributed by atoms with van der Waals surface area (Å²) in [7, 11) is 3.30. The predicted octanol–water partition coefficient (Wildman–Crippen LogP) is 2.36. The molecule has 4 heterocycles. The van der Waals surface area contributed by atoms with Crippen molar-refractivity contribution in [2.45, 2.75) is 23.9 Å². The van der Waals surface area contributed by atoms with Crippen LogP contribution in [-0.4, -0.2) is 47.3 Å². The minimum atomic E-state index is -0.780. The molecule has 2 N–H and O–H groups in total. The van der Waals surface area contributed by atoms with E-state index in [1.807, 2.05) is 13.1 Å². The van der Waals surface area contributed by atoms with E-state index in [9.17, 15) is 15.3 Å². The number of carbonyl (C=O) groups excluding carboxylic acids is 1. The molecule has 0 aliphatic carbocycles. The van der Waals surface area contributed by atoms with E-state index in [1.54, 1.807) is 24.5 Å². The maximum absolute atomic E-state index is 12.9. The third-order valence-electron chi connectivity index (χ3n) is 5.71. The topological polar surface area (TPSA) is 138 Å². The summed E-state index contributed by atoms with van der Waals surface area (Å²) in [4.78, 5) is 23.9. The number of rotatable bonds is 5. The second kappa shape index (κ2) is 9.96. The quantitative estimate of drug-likeness (QED) is 0.507. The summed E-state index contributed by atoms with van der Waals surface area (Å²) in [6.07, 6.45) is 3.97. The van der Waals surface area contributed by atoms with Crippen molar-refractivity contribution in [1.29, 1.82) is 10.5 Å². The smallest absolute Gasteiger partial charge is 0.338 e. The molecule has 0 fully saturated rings. The van der Waals surface area contributed by atoms with Crippen molar-refractivity contribution < 1.29 is 14.3 Å². The lowest BCUT2D eigenvalue weighted by molar-refractivity contribution is -0.136. The van der Waals surface area contributed by atoms with Crippen LogP contribution in [0.15, 0.2) is 58.4 Å². The molecule has 2 aromatic heterocycles. The van der Waals surface area contributed by atoms with Crippen LogP contribution in [0.3, 0.4) is 0 Å². The molecule has 0 radical (unpaired) electrons. The number of carbonyl (C=O) groups is 1. The molecule has 0 bridgehead atoms. The summed E-state index contributed by atoms with van der Waals surface area (Å²) in [5, 5.41) is 20.0. The van der Waals surface area contributed by atoms with E-state index in [-0.39, 0.29) is 28.5 Å². The average molecular weight is 475 g/mol. The van der Waals surface area contributed by atoms with E-state index in [0.717, 1.165) is 30.8 Å². The zero-order valence-corrected chi connectivity index (χ0v) is 19.6. The van der Waals surface area contributed by atoms with Crippen LogP contribution < -0.4 is 5.73 Å². The fourth-order valence-electron chi connectivity index (χ4n) is 4.06. The van der Waals surface area contributed by atoms with Crippen molar-refractivity contribution in [3.8, 4) is 12.1 Å². The fourth-order valence-corrected chi connectivity index (χ4v) is 4.97. The molecule has 0 saturated carbocycles. The maximum atomic E-state index is 12.9. The first-order chi connectivity index (χ1) is 16.5. The lowest BCUT2D eigenvalue weighted by atomic mass is 9.84. The number of esters is 1. The number of pyridine rings is 2. The van der Waals surface area contributed by atoms with E-state index < -0.39 is 11.9 Å². The van der Waals surface area contributed by atoms with Gasteiger partial charge in [0.2, 0.25) is 5.88 Å². The molecule has 1 atom stereocenters. The van der Waals surface area contributed by atoms with Crippen LogP contribution in [0.5, 0.6) is 0 Å². The Kier molecular flexibility index (Phi) is 6.82. The van der Waals surface area contributed by atoms with E-state index in [2.05, 4.69) is 22.0 Å². The molecule has 4 rings (SSSR count). The predicted molar refractivity (Wildman–Crippen MR) is 124 cm³/mol. The highest BCUT2D eigenvalue weighted by molar-refractivity contribution is 7.99. The van der Waals surface area contributed by atoms with Crippen LogP contribution in [0, 0.1) is 22.7 Å². The van der Waals surface area contributed by atoms with Crippen molar-refractivity contribution >= 4 is 17.7 Å². The summed E-state index contributed by atoms with van der Waals surface area (Å²) >= 11 is 1.28. The number of allylic oxidation sites excluding steroid dienone is 1. The van der Waals surface area contributed by atoms with E-state index in [4.69, 9.17) is 20.2 Å². The number of likely N-dealkylation sites (N-methyl/N-ethyl adjacent to an activating group) is 1. The number of ether oxygens (including phenoxy) is 2. The highest BCUT2D eigenvalue weighted by Gasteiger charge is 2.37. The van der Waals surface area contributed by atoms with Gasteiger partial charge >= 0.3 is 5.97 Å². The van der Waals surface area contributed by atoms with Gasteiger partial charge in [0.15, 0.2) is 0 Å². The van der Waals surface area contributed by atoms with Crippen molar-refractivity contribution in [3.05, 3.63) is 75.8 Å². The first-order valence-electron chi connectivity index (χ1n) is 10.5. The Labute approximate surface area is 201 Å². The average Bonchev–Trinajstić information content (AvgIpc) is 2.86. The number of nitriles is 2. The second-order valence-electron chi connectivity index (χ2n) is 7.87. The summed E-state index contributed by atoms with van der Waals surface area (Å²) in [5.41, 5.74) is 9.44. The Hall–Kier alpha value is -3.86. The minimum Gasteiger partial charge on any atom is -0.466 e. The van der Waals surface area contributed by atoms with Gasteiger partial charge in [-0.3, -0.25) is 4.98 Å².